The fraction of sp³-hybridized carbons (Fsp3) is 0.579. The molecule has 0 unspecified atom stereocenters. The van der Waals surface area contributed by atoms with Gasteiger partial charge in [-0.05, 0) is 43.7 Å². The lowest BCUT2D eigenvalue weighted by Crippen LogP contribution is -2.34. The quantitative estimate of drug-likeness (QED) is 0.834. The number of hydrogen-bond donors (Lipinski definition) is 0. The SMILES string of the molecule is CCn1c(-c2ccc(OC)cc2OC)nnc1N1CCC2(CCC2)C1. The number of hydrogen-bond acceptors (Lipinski definition) is 5. The Labute approximate surface area is 148 Å². The zero-order valence-electron chi connectivity index (χ0n) is 15.3. The highest BCUT2D eigenvalue weighted by molar-refractivity contribution is 5.67. The summed E-state index contributed by atoms with van der Waals surface area (Å²) in [7, 11) is 3.33. The molecule has 0 amide bonds. The Bertz CT molecular complexity index is 767. The summed E-state index contributed by atoms with van der Waals surface area (Å²) in [6.07, 6.45) is 5.39. The van der Waals surface area contributed by atoms with E-state index in [1.807, 2.05) is 18.2 Å². The van der Waals surface area contributed by atoms with Crippen molar-refractivity contribution in [3.05, 3.63) is 18.2 Å². The van der Waals surface area contributed by atoms with Crippen molar-refractivity contribution < 1.29 is 9.47 Å². The zero-order valence-corrected chi connectivity index (χ0v) is 15.3. The van der Waals surface area contributed by atoms with Gasteiger partial charge in [-0.1, -0.05) is 6.42 Å². The standard InChI is InChI=1S/C19H26N4O2/c1-4-23-17(15-7-6-14(24-2)12-16(15)25-3)20-21-18(23)22-11-10-19(13-22)8-5-9-19/h6-7,12H,4-5,8-11,13H2,1-3H3. The molecular formula is C19H26N4O2. The van der Waals surface area contributed by atoms with Crippen molar-refractivity contribution in [3.8, 4) is 22.9 Å². The molecule has 2 aromatic rings. The summed E-state index contributed by atoms with van der Waals surface area (Å²) in [6.45, 7) is 5.17. The van der Waals surface area contributed by atoms with Crippen molar-refractivity contribution >= 4 is 5.95 Å². The average Bonchev–Trinajstić information content (AvgIpc) is 3.24. The van der Waals surface area contributed by atoms with Gasteiger partial charge in [-0.15, -0.1) is 10.2 Å². The van der Waals surface area contributed by atoms with Gasteiger partial charge in [0.2, 0.25) is 5.95 Å². The fourth-order valence-corrected chi connectivity index (χ4v) is 4.19. The first-order valence-corrected chi connectivity index (χ1v) is 9.10. The highest BCUT2D eigenvalue weighted by Gasteiger charge is 2.44. The Morgan fingerprint density at radius 2 is 1.96 bits per heavy atom. The molecule has 0 atom stereocenters. The van der Waals surface area contributed by atoms with Crippen LogP contribution in [0.2, 0.25) is 0 Å². The first-order valence-electron chi connectivity index (χ1n) is 9.10. The molecular weight excluding hydrogens is 316 g/mol. The Balaban J connectivity index is 1.69. The van der Waals surface area contributed by atoms with Gasteiger partial charge in [0.1, 0.15) is 11.5 Å². The van der Waals surface area contributed by atoms with E-state index in [0.717, 1.165) is 48.5 Å². The van der Waals surface area contributed by atoms with Gasteiger partial charge in [-0.3, -0.25) is 4.57 Å². The number of anilines is 1. The summed E-state index contributed by atoms with van der Waals surface area (Å²) >= 11 is 0. The average molecular weight is 342 g/mol. The van der Waals surface area contributed by atoms with E-state index in [1.54, 1.807) is 14.2 Å². The molecule has 1 aliphatic carbocycles. The smallest absolute Gasteiger partial charge is 0.227 e. The molecule has 1 spiro atoms. The normalized spacial score (nSPS) is 18.4. The minimum Gasteiger partial charge on any atom is -0.497 e. The second kappa shape index (κ2) is 6.24. The van der Waals surface area contributed by atoms with E-state index in [9.17, 15) is 0 Å². The molecule has 1 saturated carbocycles. The van der Waals surface area contributed by atoms with E-state index in [0.29, 0.717) is 5.41 Å². The van der Waals surface area contributed by atoms with Crippen molar-refractivity contribution in [3.63, 3.8) is 0 Å². The van der Waals surface area contributed by atoms with Gasteiger partial charge in [0.25, 0.3) is 0 Å². The molecule has 6 nitrogen and oxygen atoms in total. The Hall–Kier alpha value is -2.24. The maximum absolute atomic E-state index is 5.56. The van der Waals surface area contributed by atoms with Gasteiger partial charge >= 0.3 is 0 Å². The number of benzene rings is 1. The van der Waals surface area contributed by atoms with Crippen LogP contribution in [0, 0.1) is 5.41 Å². The maximum Gasteiger partial charge on any atom is 0.227 e. The molecule has 2 aliphatic rings. The molecule has 2 fully saturated rings. The number of aromatic nitrogens is 3. The van der Waals surface area contributed by atoms with Crippen LogP contribution in [0.1, 0.15) is 32.6 Å². The number of nitrogens with zero attached hydrogens (tertiary/aromatic N) is 4. The second-order valence-electron chi connectivity index (χ2n) is 7.16. The van der Waals surface area contributed by atoms with Gasteiger partial charge in [0.05, 0.1) is 19.8 Å². The lowest BCUT2D eigenvalue weighted by Gasteiger charge is -2.38. The molecule has 1 saturated heterocycles. The van der Waals surface area contributed by atoms with E-state index in [-0.39, 0.29) is 0 Å². The highest BCUT2D eigenvalue weighted by atomic mass is 16.5. The topological polar surface area (TPSA) is 52.4 Å². The molecule has 1 aromatic heterocycles. The summed E-state index contributed by atoms with van der Waals surface area (Å²) < 4.78 is 13.1. The molecule has 25 heavy (non-hydrogen) atoms. The molecule has 1 aliphatic heterocycles. The largest absolute Gasteiger partial charge is 0.497 e. The van der Waals surface area contributed by atoms with Crippen LogP contribution in [0.15, 0.2) is 18.2 Å². The molecule has 0 N–H and O–H groups in total. The van der Waals surface area contributed by atoms with Crippen LogP contribution < -0.4 is 14.4 Å². The third kappa shape index (κ3) is 2.64. The molecule has 134 valence electrons. The lowest BCUT2D eigenvalue weighted by atomic mass is 9.68. The van der Waals surface area contributed by atoms with Crippen molar-refractivity contribution in [1.82, 2.24) is 14.8 Å². The fourth-order valence-electron chi connectivity index (χ4n) is 4.19. The Morgan fingerprint density at radius 1 is 1.12 bits per heavy atom. The van der Waals surface area contributed by atoms with Gasteiger partial charge in [-0.25, -0.2) is 0 Å². The lowest BCUT2D eigenvalue weighted by molar-refractivity contribution is 0.165. The summed E-state index contributed by atoms with van der Waals surface area (Å²) in [6, 6.07) is 5.82. The Kier molecular flexibility index (Phi) is 4.06. The summed E-state index contributed by atoms with van der Waals surface area (Å²) in [5, 5.41) is 9.05. The summed E-state index contributed by atoms with van der Waals surface area (Å²) in [4.78, 5) is 2.41. The Morgan fingerprint density at radius 3 is 2.56 bits per heavy atom. The minimum atomic E-state index is 0.544. The molecule has 2 heterocycles. The molecule has 1 aromatic carbocycles. The summed E-state index contributed by atoms with van der Waals surface area (Å²) in [5.74, 6) is 3.37. The third-order valence-corrected chi connectivity index (χ3v) is 5.83. The van der Waals surface area contributed by atoms with Crippen LogP contribution in [0.3, 0.4) is 0 Å². The first-order chi connectivity index (χ1) is 12.2. The van der Waals surface area contributed by atoms with Gasteiger partial charge in [-0.2, -0.15) is 0 Å². The van der Waals surface area contributed by atoms with E-state index in [1.165, 1.54) is 25.7 Å². The zero-order chi connectivity index (χ0) is 17.4. The highest BCUT2D eigenvalue weighted by Crippen LogP contribution is 2.48. The first kappa shape index (κ1) is 16.2. The third-order valence-electron chi connectivity index (χ3n) is 5.83. The van der Waals surface area contributed by atoms with E-state index in [2.05, 4.69) is 26.6 Å². The predicted octanol–water partition coefficient (Wildman–Crippen LogP) is 3.36. The van der Waals surface area contributed by atoms with Gasteiger partial charge < -0.3 is 14.4 Å². The maximum atomic E-state index is 5.56. The minimum absolute atomic E-state index is 0.544. The van der Waals surface area contributed by atoms with Crippen LogP contribution in [0.4, 0.5) is 5.95 Å². The van der Waals surface area contributed by atoms with Crippen LogP contribution in [-0.4, -0.2) is 42.1 Å². The monoisotopic (exact) mass is 342 g/mol. The van der Waals surface area contributed by atoms with E-state index < -0.39 is 0 Å². The van der Waals surface area contributed by atoms with Crippen molar-refractivity contribution in [2.75, 3.05) is 32.2 Å². The van der Waals surface area contributed by atoms with E-state index >= 15 is 0 Å². The van der Waals surface area contributed by atoms with Crippen molar-refractivity contribution in [2.45, 2.75) is 39.2 Å². The summed E-state index contributed by atoms with van der Waals surface area (Å²) in [5.41, 5.74) is 1.49. The van der Waals surface area contributed by atoms with Crippen molar-refractivity contribution in [2.24, 2.45) is 5.41 Å². The van der Waals surface area contributed by atoms with Gasteiger partial charge in [0, 0.05) is 25.7 Å². The van der Waals surface area contributed by atoms with Crippen LogP contribution >= 0.6 is 0 Å². The van der Waals surface area contributed by atoms with E-state index in [4.69, 9.17) is 9.47 Å². The van der Waals surface area contributed by atoms with Crippen LogP contribution in [0.5, 0.6) is 11.5 Å². The second-order valence-corrected chi connectivity index (χ2v) is 7.16. The molecule has 0 bridgehead atoms. The number of methoxy groups -OCH3 is 2. The van der Waals surface area contributed by atoms with Crippen molar-refractivity contribution in [1.29, 1.82) is 0 Å². The number of rotatable bonds is 5. The molecule has 4 rings (SSSR count). The molecule has 0 radical (unpaired) electrons. The number of ether oxygens (including phenoxy) is 2. The molecule has 6 heteroatoms. The van der Waals surface area contributed by atoms with Crippen LogP contribution in [-0.2, 0) is 6.54 Å². The van der Waals surface area contributed by atoms with Gasteiger partial charge in [0.15, 0.2) is 5.82 Å². The van der Waals surface area contributed by atoms with Crippen LogP contribution in [0.25, 0.3) is 11.4 Å². The predicted molar refractivity (Wildman–Crippen MR) is 97.4 cm³/mol.